The number of benzene rings is 1. The second kappa shape index (κ2) is 8.31. The van der Waals surface area contributed by atoms with Crippen molar-refractivity contribution in [2.45, 2.75) is 64.6 Å². The van der Waals surface area contributed by atoms with Gasteiger partial charge in [0.25, 0.3) is 5.69 Å². The van der Waals surface area contributed by atoms with E-state index in [0.29, 0.717) is 30.2 Å². The predicted molar refractivity (Wildman–Crippen MR) is 126 cm³/mol. The molecule has 2 N–H and O–H groups in total. The minimum Gasteiger partial charge on any atom is -0.349 e. The van der Waals surface area contributed by atoms with E-state index in [1.54, 1.807) is 6.08 Å². The van der Waals surface area contributed by atoms with Gasteiger partial charge in [0.1, 0.15) is 5.56 Å². The maximum atomic E-state index is 13.4. The Morgan fingerprint density at radius 1 is 1.14 bits per heavy atom. The Labute approximate surface area is 207 Å². The lowest BCUT2D eigenvalue weighted by Gasteiger charge is -2.58. The Balaban J connectivity index is 1.36. The number of hydrogen-bond acceptors (Lipinski definition) is 4. The molecule has 0 spiro atoms. The second-order valence-corrected chi connectivity index (χ2v) is 11.4. The average molecular weight is 506 g/mol. The van der Waals surface area contributed by atoms with Crippen LogP contribution in [0.15, 0.2) is 30.4 Å². The van der Waals surface area contributed by atoms with E-state index < -0.39 is 22.4 Å². The molecule has 7 nitrogen and oxygen atoms in total. The van der Waals surface area contributed by atoms with Crippen molar-refractivity contribution in [1.29, 1.82) is 0 Å². The van der Waals surface area contributed by atoms with Gasteiger partial charge in [0, 0.05) is 29.1 Å². The summed E-state index contributed by atoms with van der Waals surface area (Å²) in [6, 6.07) is 2.71. The van der Waals surface area contributed by atoms with Crippen LogP contribution in [0.5, 0.6) is 0 Å². The zero-order valence-electron chi connectivity index (χ0n) is 20.2. The van der Waals surface area contributed by atoms with Crippen LogP contribution < -0.4 is 10.6 Å². The molecule has 0 aromatic heterocycles. The summed E-state index contributed by atoms with van der Waals surface area (Å²) in [7, 11) is 0. The van der Waals surface area contributed by atoms with Crippen LogP contribution in [-0.4, -0.2) is 22.8 Å². The first-order chi connectivity index (χ1) is 16.8. The number of nitro groups is 1. The predicted octanol–water partition coefficient (Wildman–Crippen LogP) is 5.47. The molecule has 3 saturated carbocycles. The maximum Gasteiger partial charge on any atom is 0.423 e. The van der Waals surface area contributed by atoms with Gasteiger partial charge in [-0.3, -0.25) is 19.7 Å². The first-order valence-electron chi connectivity index (χ1n) is 12.5. The molecule has 0 saturated heterocycles. The molecule has 0 radical (unpaired) electrons. The monoisotopic (exact) mass is 505 g/mol. The Morgan fingerprint density at radius 3 is 2.58 bits per heavy atom. The highest BCUT2D eigenvalue weighted by molar-refractivity contribution is 5.93. The molecule has 1 aromatic carbocycles. The van der Waals surface area contributed by atoms with Crippen LogP contribution >= 0.6 is 0 Å². The number of carbonyl (C=O) groups is 2. The molecule has 2 amide bonds. The van der Waals surface area contributed by atoms with E-state index in [0.717, 1.165) is 44.2 Å². The van der Waals surface area contributed by atoms with Gasteiger partial charge in [0.2, 0.25) is 11.8 Å². The van der Waals surface area contributed by atoms with Crippen LogP contribution in [0.25, 0.3) is 0 Å². The van der Waals surface area contributed by atoms with E-state index in [2.05, 4.69) is 30.6 Å². The lowest BCUT2D eigenvalue weighted by Crippen LogP contribution is -2.59. The van der Waals surface area contributed by atoms with E-state index >= 15 is 0 Å². The Bertz CT molecular complexity index is 1150. The summed E-state index contributed by atoms with van der Waals surface area (Å²) in [4.78, 5) is 35.2. The lowest BCUT2D eigenvalue weighted by molar-refractivity contribution is -0.388. The fourth-order valence-electron chi connectivity index (χ4n) is 7.99. The van der Waals surface area contributed by atoms with E-state index in [1.165, 1.54) is 0 Å². The molecule has 3 fully saturated rings. The van der Waals surface area contributed by atoms with Gasteiger partial charge in [-0.2, -0.15) is 13.2 Å². The number of carbonyl (C=O) groups excluding carboxylic acids is 2. The Hall–Kier alpha value is -2.91. The average Bonchev–Trinajstić information content (AvgIpc) is 3.16. The van der Waals surface area contributed by atoms with Gasteiger partial charge in [0.15, 0.2) is 0 Å². The normalized spacial score (nSPS) is 37.4. The van der Waals surface area contributed by atoms with Crippen LogP contribution in [0.4, 0.5) is 24.5 Å². The van der Waals surface area contributed by atoms with Crippen LogP contribution in [0.2, 0.25) is 0 Å². The van der Waals surface area contributed by atoms with Crippen molar-refractivity contribution in [3.05, 3.63) is 46.0 Å². The molecule has 7 atom stereocenters. The summed E-state index contributed by atoms with van der Waals surface area (Å²) in [5, 5.41) is 16.8. The van der Waals surface area contributed by atoms with Crippen LogP contribution in [-0.2, 0) is 15.8 Å². The van der Waals surface area contributed by atoms with Crippen molar-refractivity contribution in [2.75, 3.05) is 5.32 Å². The summed E-state index contributed by atoms with van der Waals surface area (Å²) in [6.45, 7) is 4.36. The molecule has 1 heterocycles. The number of rotatable bonds is 3. The summed E-state index contributed by atoms with van der Waals surface area (Å²) in [6.07, 6.45) is 3.94. The number of anilines is 1. The van der Waals surface area contributed by atoms with Crippen molar-refractivity contribution >= 4 is 23.2 Å². The summed E-state index contributed by atoms with van der Waals surface area (Å²) >= 11 is 0. The van der Waals surface area contributed by atoms with Gasteiger partial charge in [-0.25, -0.2) is 0 Å². The number of nitrogens with one attached hydrogen (secondary N) is 2. The molecule has 5 rings (SSSR count). The standard InChI is InChI=1S/C26H30F3N3O4/c1-24-11-9-17-15(4-8-21-25(17,2)12-10-22(33)31-21)16(24)5-6-18(24)23(34)30-14-3-7-20(32(35)36)19(13-14)26(27,28)29/h3,7,10,12-13,15-18,21H,4-6,8-9,11H2,1-2H3,(H,30,34)(H,31,33)/t15-,16-,17-,18+,21+,24-,25+/m0/s1. The number of nitrogens with zero attached hydrogens (tertiary/aromatic N) is 1. The fourth-order valence-corrected chi connectivity index (χ4v) is 7.99. The fraction of sp³-hybridized carbons (Fsp3) is 0.615. The quantitative estimate of drug-likeness (QED) is 0.420. The van der Waals surface area contributed by atoms with E-state index in [4.69, 9.17) is 0 Å². The van der Waals surface area contributed by atoms with Gasteiger partial charge in [-0.15, -0.1) is 0 Å². The second-order valence-electron chi connectivity index (χ2n) is 11.4. The molecule has 0 unspecified atom stereocenters. The molecule has 4 aliphatic rings. The van der Waals surface area contributed by atoms with E-state index in [1.807, 2.05) is 0 Å². The smallest absolute Gasteiger partial charge is 0.349 e. The third-order valence-corrected chi connectivity index (χ3v) is 9.77. The minimum atomic E-state index is -4.91. The molecule has 194 valence electrons. The number of halogens is 3. The molecule has 1 aromatic rings. The summed E-state index contributed by atoms with van der Waals surface area (Å²) < 4.78 is 40.2. The largest absolute Gasteiger partial charge is 0.423 e. The lowest BCUT2D eigenvalue weighted by atomic mass is 9.48. The van der Waals surface area contributed by atoms with E-state index in [-0.39, 0.29) is 40.3 Å². The highest BCUT2D eigenvalue weighted by Crippen LogP contribution is 2.65. The molecule has 36 heavy (non-hydrogen) atoms. The molecule has 3 aliphatic carbocycles. The van der Waals surface area contributed by atoms with Crippen molar-refractivity contribution < 1.29 is 27.7 Å². The SMILES string of the molecule is C[C@]12C=CC(=O)N[C@@H]1CC[C@@H]1[C@@H]2CC[C@]2(C)[C@@H](C(=O)Nc3ccc([N+](=O)[O-])c(C(F)(F)F)c3)CC[C@@H]12. The first-order valence-corrected chi connectivity index (χ1v) is 12.5. The Kier molecular flexibility index (Phi) is 5.72. The molecule has 1 aliphatic heterocycles. The maximum absolute atomic E-state index is 13.4. The van der Waals surface area contributed by atoms with Crippen molar-refractivity contribution in [3.63, 3.8) is 0 Å². The van der Waals surface area contributed by atoms with E-state index in [9.17, 15) is 32.9 Å². The van der Waals surface area contributed by atoms with Crippen LogP contribution in [0.1, 0.15) is 57.9 Å². The number of fused-ring (bicyclic) bond motifs is 5. The van der Waals surface area contributed by atoms with Crippen molar-refractivity contribution in [1.82, 2.24) is 5.32 Å². The molecular formula is C26H30F3N3O4. The van der Waals surface area contributed by atoms with Crippen LogP contribution in [0.3, 0.4) is 0 Å². The topological polar surface area (TPSA) is 101 Å². The number of alkyl halides is 3. The van der Waals surface area contributed by atoms with Gasteiger partial charge in [-0.05, 0) is 79.9 Å². The van der Waals surface area contributed by atoms with Crippen molar-refractivity contribution in [2.24, 2.45) is 34.5 Å². The summed E-state index contributed by atoms with van der Waals surface area (Å²) in [5.74, 6) is 0.411. The van der Waals surface area contributed by atoms with Crippen LogP contribution in [0, 0.1) is 44.6 Å². The van der Waals surface area contributed by atoms with Gasteiger partial charge >= 0.3 is 6.18 Å². The van der Waals surface area contributed by atoms with Gasteiger partial charge in [0.05, 0.1) is 4.92 Å². The Morgan fingerprint density at radius 2 is 1.89 bits per heavy atom. The molecular weight excluding hydrogens is 475 g/mol. The van der Waals surface area contributed by atoms with Gasteiger partial charge < -0.3 is 10.6 Å². The molecule has 10 heteroatoms. The highest BCUT2D eigenvalue weighted by Gasteiger charge is 2.60. The molecule has 0 bridgehead atoms. The number of hydrogen-bond donors (Lipinski definition) is 2. The minimum absolute atomic E-state index is 0.0471. The zero-order valence-corrected chi connectivity index (χ0v) is 20.2. The third-order valence-electron chi connectivity index (χ3n) is 9.77. The summed E-state index contributed by atoms with van der Waals surface area (Å²) in [5.41, 5.74) is -2.90. The zero-order chi connectivity index (χ0) is 26.0. The highest BCUT2D eigenvalue weighted by atomic mass is 19.4. The third kappa shape index (κ3) is 3.80. The van der Waals surface area contributed by atoms with Crippen molar-refractivity contribution in [3.8, 4) is 0 Å². The van der Waals surface area contributed by atoms with Gasteiger partial charge in [-0.1, -0.05) is 19.9 Å². The number of amides is 2. The first kappa shape index (κ1) is 24.8. The number of nitro benzene ring substituents is 1.